The van der Waals surface area contributed by atoms with E-state index in [0.29, 0.717) is 23.5 Å². The largest absolute Gasteiger partial charge is 0.382 e. The van der Waals surface area contributed by atoms with E-state index in [-0.39, 0.29) is 18.4 Å². The Labute approximate surface area is 187 Å². The van der Waals surface area contributed by atoms with Gasteiger partial charge in [0.05, 0.1) is 12.2 Å². The molecular formula is C22H20FN7OS. The normalized spacial score (nSPS) is 21.0. The molecular weight excluding hydrogens is 429 g/mol. The number of aliphatic hydroxyl groups is 1. The second-order valence-electron chi connectivity index (χ2n) is 8.27. The fourth-order valence-corrected chi connectivity index (χ4v) is 5.83. The summed E-state index contributed by atoms with van der Waals surface area (Å²) in [6.07, 6.45) is 7.29. The molecule has 5 heterocycles. The summed E-state index contributed by atoms with van der Waals surface area (Å²) < 4.78 is 15.7. The van der Waals surface area contributed by atoms with Gasteiger partial charge in [-0.25, -0.2) is 29.0 Å². The van der Waals surface area contributed by atoms with Crippen molar-refractivity contribution in [1.29, 1.82) is 0 Å². The zero-order valence-electron chi connectivity index (χ0n) is 17.3. The van der Waals surface area contributed by atoms with Crippen molar-refractivity contribution in [3.05, 3.63) is 65.2 Å². The molecule has 0 radical (unpaired) electrons. The molecule has 2 atom stereocenters. The Balaban J connectivity index is 1.33. The molecule has 0 amide bonds. The van der Waals surface area contributed by atoms with Gasteiger partial charge in [-0.15, -0.1) is 11.3 Å². The molecule has 2 aliphatic rings. The third-order valence-electron chi connectivity index (χ3n) is 6.50. The van der Waals surface area contributed by atoms with Crippen LogP contribution in [0.4, 0.5) is 4.39 Å². The van der Waals surface area contributed by atoms with E-state index in [1.165, 1.54) is 29.7 Å². The van der Waals surface area contributed by atoms with Crippen LogP contribution in [0.3, 0.4) is 0 Å². The van der Waals surface area contributed by atoms with E-state index >= 15 is 0 Å². The first-order chi connectivity index (χ1) is 15.5. The van der Waals surface area contributed by atoms with E-state index in [0.717, 1.165) is 29.2 Å². The van der Waals surface area contributed by atoms with Crippen molar-refractivity contribution in [2.24, 2.45) is 0 Å². The number of benzene rings is 1. The van der Waals surface area contributed by atoms with E-state index in [9.17, 15) is 9.50 Å². The highest BCUT2D eigenvalue weighted by Crippen LogP contribution is 2.42. The highest BCUT2D eigenvalue weighted by molar-refractivity contribution is 7.15. The van der Waals surface area contributed by atoms with Crippen molar-refractivity contribution in [3.8, 4) is 22.0 Å². The smallest absolute Gasteiger partial charge is 0.158 e. The summed E-state index contributed by atoms with van der Waals surface area (Å²) in [5.74, 6) is 0.217. The molecule has 2 aliphatic heterocycles. The van der Waals surface area contributed by atoms with Gasteiger partial charge in [0, 0.05) is 53.9 Å². The van der Waals surface area contributed by atoms with Crippen LogP contribution in [0, 0.1) is 5.82 Å². The number of halogens is 1. The SMILES string of the molecule is CC(N1CCc2nc(-c3cncnc3)sc2C1)C1(O)Cn2ncnc2-c2cc(F)ccc21. The van der Waals surface area contributed by atoms with E-state index < -0.39 is 5.60 Å². The molecule has 1 aromatic carbocycles. The van der Waals surface area contributed by atoms with Gasteiger partial charge in [0.25, 0.3) is 0 Å². The van der Waals surface area contributed by atoms with Gasteiger partial charge in [-0.2, -0.15) is 5.10 Å². The molecule has 0 saturated heterocycles. The molecule has 10 heteroatoms. The molecule has 0 aliphatic carbocycles. The van der Waals surface area contributed by atoms with Gasteiger partial charge in [-0.3, -0.25) is 4.90 Å². The second kappa shape index (κ2) is 7.22. The Morgan fingerprint density at radius 2 is 2.06 bits per heavy atom. The first-order valence-corrected chi connectivity index (χ1v) is 11.2. The van der Waals surface area contributed by atoms with Crippen LogP contribution in [0.2, 0.25) is 0 Å². The second-order valence-corrected chi connectivity index (χ2v) is 9.35. The van der Waals surface area contributed by atoms with Crippen LogP contribution >= 0.6 is 11.3 Å². The molecule has 0 fully saturated rings. The van der Waals surface area contributed by atoms with Crippen LogP contribution < -0.4 is 0 Å². The van der Waals surface area contributed by atoms with Crippen molar-refractivity contribution in [2.75, 3.05) is 6.54 Å². The van der Waals surface area contributed by atoms with Crippen LogP contribution in [-0.4, -0.2) is 52.3 Å². The van der Waals surface area contributed by atoms with Crippen LogP contribution in [0.25, 0.3) is 22.0 Å². The first kappa shape index (κ1) is 19.6. The number of fused-ring (bicyclic) bond motifs is 4. The molecule has 6 rings (SSSR count). The maximum absolute atomic E-state index is 14.0. The van der Waals surface area contributed by atoms with E-state index in [1.807, 2.05) is 6.92 Å². The van der Waals surface area contributed by atoms with Gasteiger partial charge in [0.1, 0.15) is 29.1 Å². The zero-order chi connectivity index (χ0) is 21.9. The quantitative estimate of drug-likeness (QED) is 0.514. The summed E-state index contributed by atoms with van der Waals surface area (Å²) in [4.78, 5) is 20.7. The Hall–Kier alpha value is -3.08. The molecule has 0 bridgehead atoms. The lowest BCUT2D eigenvalue weighted by atomic mass is 9.80. The number of rotatable bonds is 3. The van der Waals surface area contributed by atoms with E-state index in [4.69, 9.17) is 4.98 Å². The van der Waals surface area contributed by atoms with Crippen LogP contribution in [-0.2, 0) is 25.1 Å². The predicted molar refractivity (Wildman–Crippen MR) is 116 cm³/mol. The third kappa shape index (κ3) is 2.98. The molecule has 32 heavy (non-hydrogen) atoms. The highest BCUT2D eigenvalue weighted by atomic mass is 32.1. The average Bonchev–Trinajstić information content (AvgIpc) is 3.45. The number of thiazole rings is 1. The summed E-state index contributed by atoms with van der Waals surface area (Å²) in [5, 5.41) is 17.1. The molecule has 1 N–H and O–H groups in total. The monoisotopic (exact) mass is 449 g/mol. The number of hydrogen-bond donors (Lipinski definition) is 1. The maximum atomic E-state index is 14.0. The highest BCUT2D eigenvalue weighted by Gasteiger charge is 2.45. The van der Waals surface area contributed by atoms with Gasteiger partial charge < -0.3 is 5.11 Å². The Bertz CT molecular complexity index is 1310. The lowest BCUT2D eigenvalue weighted by Crippen LogP contribution is -2.54. The minimum atomic E-state index is -1.23. The van der Waals surface area contributed by atoms with Crippen LogP contribution in [0.1, 0.15) is 23.1 Å². The van der Waals surface area contributed by atoms with Gasteiger partial charge in [0.15, 0.2) is 5.82 Å². The van der Waals surface area contributed by atoms with Crippen molar-refractivity contribution < 1.29 is 9.50 Å². The standard InChI is InChI=1S/C22H20FN7OS/c1-13(22(31)10-30-20(26-12-27-30)16-6-15(23)2-3-17(16)22)29-5-4-18-19(9-29)32-21(28-18)14-7-24-11-25-8-14/h2-3,6-8,11-13,31H,4-5,9-10H2,1H3. The van der Waals surface area contributed by atoms with Crippen molar-refractivity contribution in [2.45, 2.75) is 38.1 Å². The van der Waals surface area contributed by atoms with Crippen molar-refractivity contribution in [3.63, 3.8) is 0 Å². The van der Waals surface area contributed by atoms with Gasteiger partial charge in [-0.1, -0.05) is 6.07 Å². The third-order valence-corrected chi connectivity index (χ3v) is 7.63. The van der Waals surface area contributed by atoms with Crippen molar-refractivity contribution >= 4 is 11.3 Å². The fraction of sp³-hybridized carbons (Fsp3) is 0.318. The van der Waals surface area contributed by atoms with Gasteiger partial charge in [0.2, 0.25) is 0 Å². The lowest BCUT2D eigenvalue weighted by Gasteiger charge is -2.44. The Morgan fingerprint density at radius 1 is 1.22 bits per heavy atom. The number of aromatic nitrogens is 6. The molecule has 162 valence electrons. The van der Waals surface area contributed by atoms with Crippen LogP contribution in [0.15, 0.2) is 43.2 Å². The van der Waals surface area contributed by atoms with E-state index in [2.05, 4.69) is 25.0 Å². The lowest BCUT2D eigenvalue weighted by molar-refractivity contribution is -0.0668. The number of nitrogens with zero attached hydrogens (tertiary/aromatic N) is 7. The maximum Gasteiger partial charge on any atom is 0.158 e. The number of hydrogen-bond acceptors (Lipinski definition) is 8. The molecule has 2 unspecified atom stereocenters. The summed E-state index contributed by atoms with van der Waals surface area (Å²) in [7, 11) is 0. The molecule has 0 spiro atoms. The Morgan fingerprint density at radius 3 is 2.91 bits per heavy atom. The first-order valence-electron chi connectivity index (χ1n) is 10.4. The summed E-state index contributed by atoms with van der Waals surface area (Å²) in [6, 6.07) is 4.27. The minimum absolute atomic E-state index is 0.234. The Kier molecular flexibility index (Phi) is 4.42. The van der Waals surface area contributed by atoms with Crippen LogP contribution in [0.5, 0.6) is 0 Å². The molecule has 4 aromatic rings. The molecule has 8 nitrogen and oxygen atoms in total. The zero-order valence-corrected chi connectivity index (χ0v) is 18.1. The van der Waals surface area contributed by atoms with Crippen molar-refractivity contribution in [1.82, 2.24) is 34.6 Å². The van der Waals surface area contributed by atoms with Gasteiger partial charge >= 0.3 is 0 Å². The topological polar surface area (TPSA) is 92.8 Å². The average molecular weight is 450 g/mol. The summed E-state index contributed by atoms with van der Waals surface area (Å²) in [5.41, 5.74) is 2.04. The van der Waals surface area contributed by atoms with E-state index in [1.54, 1.807) is 34.5 Å². The minimum Gasteiger partial charge on any atom is -0.382 e. The summed E-state index contributed by atoms with van der Waals surface area (Å²) in [6.45, 7) is 3.74. The summed E-state index contributed by atoms with van der Waals surface area (Å²) >= 11 is 1.64. The molecule has 0 saturated carbocycles. The molecule has 3 aromatic heterocycles. The van der Waals surface area contributed by atoms with Gasteiger partial charge in [-0.05, 0) is 24.6 Å². The fourth-order valence-electron chi connectivity index (χ4n) is 4.72. The predicted octanol–water partition coefficient (Wildman–Crippen LogP) is 2.65.